The number of hydrogen-bond acceptors (Lipinski definition) is 3. The zero-order valence-electron chi connectivity index (χ0n) is 17.7. The molecule has 0 amide bonds. The van der Waals surface area contributed by atoms with Gasteiger partial charge >= 0.3 is 11.9 Å². The standard InChI is InChI=1S/C23H42O4/c1-3-5-6-7-8-9-10-11-12-13-14-15-16-17-18-19-23(26)27-21(4-2)20-22(24)25/h11-12,21H,3-10,13-20H2,1-2H3,(H,24,25)/b12-11-. The van der Waals surface area contributed by atoms with E-state index in [4.69, 9.17) is 9.84 Å². The molecule has 0 aromatic rings. The number of rotatable bonds is 19. The van der Waals surface area contributed by atoms with Crippen molar-refractivity contribution in [3.8, 4) is 0 Å². The van der Waals surface area contributed by atoms with E-state index >= 15 is 0 Å². The number of carboxylic acids is 1. The molecule has 158 valence electrons. The molecule has 0 aromatic carbocycles. The number of hydrogen-bond donors (Lipinski definition) is 1. The maximum absolute atomic E-state index is 11.7. The maximum atomic E-state index is 11.7. The summed E-state index contributed by atoms with van der Waals surface area (Å²) in [4.78, 5) is 22.4. The number of ether oxygens (including phenoxy) is 1. The highest BCUT2D eigenvalue weighted by Gasteiger charge is 2.15. The van der Waals surface area contributed by atoms with Gasteiger partial charge in [0.05, 0.1) is 6.42 Å². The summed E-state index contributed by atoms with van der Waals surface area (Å²) in [6, 6.07) is 0. The molecule has 4 nitrogen and oxygen atoms in total. The first-order valence-corrected chi connectivity index (χ1v) is 11.2. The first-order valence-electron chi connectivity index (χ1n) is 11.2. The third-order valence-electron chi connectivity index (χ3n) is 4.80. The van der Waals surface area contributed by atoms with Crippen LogP contribution in [0.4, 0.5) is 0 Å². The molecule has 0 saturated heterocycles. The Hall–Kier alpha value is -1.32. The van der Waals surface area contributed by atoms with Crippen molar-refractivity contribution >= 4 is 11.9 Å². The molecule has 27 heavy (non-hydrogen) atoms. The van der Waals surface area contributed by atoms with Crippen molar-refractivity contribution in [2.45, 2.75) is 123 Å². The topological polar surface area (TPSA) is 63.6 Å². The summed E-state index contributed by atoms with van der Waals surface area (Å²) >= 11 is 0. The van der Waals surface area contributed by atoms with Crippen molar-refractivity contribution in [1.29, 1.82) is 0 Å². The van der Waals surface area contributed by atoms with Crippen LogP contribution in [0.1, 0.15) is 117 Å². The Morgan fingerprint density at radius 1 is 0.815 bits per heavy atom. The van der Waals surface area contributed by atoms with Gasteiger partial charge in [0, 0.05) is 6.42 Å². The van der Waals surface area contributed by atoms with Crippen LogP contribution in [0.2, 0.25) is 0 Å². The molecule has 0 aromatic heterocycles. The summed E-state index contributed by atoms with van der Waals surface area (Å²) < 4.78 is 5.20. The van der Waals surface area contributed by atoms with E-state index in [1.165, 1.54) is 57.8 Å². The molecule has 1 unspecified atom stereocenters. The second-order valence-corrected chi connectivity index (χ2v) is 7.45. The fourth-order valence-corrected chi connectivity index (χ4v) is 3.05. The molecular weight excluding hydrogens is 340 g/mol. The number of carbonyl (C=O) groups excluding carboxylic acids is 1. The summed E-state index contributed by atoms with van der Waals surface area (Å²) in [5.74, 6) is -1.18. The van der Waals surface area contributed by atoms with E-state index in [0.717, 1.165) is 25.7 Å². The van der Waals surface area contributed by atoms with Crippen LogP contribution in [0, 0.1) is 0 Å². The summed E-state index contributed by atoms with van der Waals surface area (Å²) in [5, 5.41) is 8.75. The van der Waals surface area contributed by atoms with Crippen molar-refractivity contribution in [1.82, 2.24) is 0 Å². The molecule has 0 aliphatic rings. The van der Waals surface area contributed by atoms with Gasteiger partial charge in [0.25, 0.3) is 0 Å². The third kappa shape index (κ3) is 19.3. The molecule has 0 aliphatic carbocycles. The van der Waals surface area contributed by atoms with Gasteiger partial charge in [-0.25, -0.2) is 0 Å². The predicted octanol–water partition coefficient (Wildman–Crippen LogP) is 6.82. The van der Waals surface area contributed by atoms with Crippen LogP contribution in [-0.2, 0) is 14.3 Å². The lowest BCUT2D eigenvalue weighted by Crippen LogP contribution is -2.20. The van der Waals surface area contributed by atoms with Gasteiger partial charge in [-0.2, -0.15) is 0 Å². The Balaban J connectivity index is 3.40. The number of carbonyl (C=O) groups is 2. The fourth-order valence-electron chi connectivity index (χ4n) is 3.05. The van der Waals surface area contributed by atoms with Gasteiger partial charge in [-0.3, -0.25) is 9.59 Å². The highest BCUT2D eigenvalue weighted by Crippen LogP contribution is 2.11. The Kier molecular flexibility index (Phi) is 18.5. The fraction of sp³-hybridized carbons (Fsp3) is 0.826. The highest BCUT2D eigenvalue weighted by molar-refractivity contribution is 5.71. The minimum absolute atomic E-state index is 0.103. The van der Waals surface area contributed by atoms with Crippen molar-refractivity contribution in [3.05, 3.63) is 12.2 Å². The van der Waals surface area contributed by atoms with E-state index in [2.05, 4.69) is 19.1 Å². The van der Waals surface area contributed by atoms with Gasteiger partial charge in [0.15, 0.2) is 0 Å². The molecule has 0 aliphatic heterocycles. The summed E-state index contributed by atoms with van der Waals surface area (Å²) in [6.45, 7) is 4.09. The molecule has 0 spiro atoms. The largest absolute Gasteiger partial charge is 0.481 e. The maximum Gasteiger partial charge on any atom is 0.307 e. The quantitative estimate of drug-likeness (QED) is 0.151. The Morgan fingerprint density at radius 3 is 1.85 bits per heavy atom. The number of allylic oxidation sites excluding steroid dienone is 2. The second-order valence-electron chi connectivity index (χ2n) is 7.45. The zero-order valence-corrected chi connectivity index (χ0v) is 17.7. The molecule has 0 fully saturated rings. The van der Waals surface area contributed by atoms with E-state index in [0.29, 0.717) is 12.8 Å². The van der Waals surface area contributed by atoms with Crippen LogP contribution in [0.3, 0.4) is 0 Å². The second kappa shape index (κ2) is 19.4. The molecule has 0 radical (unpaired) electrons. The average molecular weight is 383 g/mol. The number of unbranched alkanes of at least 4 members (excludes halogenated alkanes) is 11. The van der Waals surface area contributed by atoms with Gasteiger partial charge in [0.1, 0.15) is 6.10 Å². The third-order valence-corrected chi connectivity index (χ3v) is 4.80. The lowest BCUT2D eigenvalue weighted by molar-refractivity contribution is -0.153. The number of aliphatic carboxylic acids is 1. The molecular formula is C23H42O4. The number of esters is 1. The normalized spacial score (nSPS) is 12.4. The summed E-state index contributed by atoms with van der Waals surface area (Å²) in [6.07, 6.45) is 20.9. The first kappa shape index (κ1) is 25.7. The average Bonchev–Trinajstić information content (AvgIpc) is 2.64. The van der Waals surface area contributed by atoms with Crippen molar-refractivity contribution < 1.29 is 19.4 Å². The minimum Gasteiger partial charge on any atom is -0.481 e. The molecule has 0 bridgehead atoms. The lowest BCUT2D eigenvalue weighted by atomic mass is 10.1. The molecule has 0 saturated carbocycles. The van der Waals surface area contributed by atoms with Gasteiger partial charge in [0.2, 0.25) is 0 Å². The Labute approximate surface area is 166 Å². The molecule has 0 rings (SSSR count). The van der Waals surface area contributed by atoms with Crippen molar-refractivity contribution in [2.75, 3.05) is 0 Å². The highest BCUT2D eigenvalue weighted by atomic mass is 16.5. The van der Waals surface area contributed by atoms with Crippen LogP contribution < -0.4 is 0 Å². The zero-order chi connectivity index (χ0) is 20.2. The molecule has 1 atom stereocenters. The van der Waals surface area contributed by atoms with Crippen LogP contribution in [0.25, 0.3) is 0 Å². The smallest absolute Gasteiger partial charge is 0.307 e. The van der Waals surface area contributed by atoms with E-state index in [-0.39, 0.29) is 12.4 Å². The predicted molar refractivity (Wildman–Crippen MR) is 112 cm³/mol. The summed E-state index contributed by atoms with van der Waals surface area (Å²) in [7, 11) is 0. The molecule has 1 N–H and O–H groups in total. The minimum atomic E-state index is -0.921. The lowest BCUT2D eigenvalue weighted by Gasteiger charge is -2.13. The van der Waals surface area contributed by atoms with Gasteiger partial charge in [-0.05, 0) is 38.5 Å². The monoisotopic (exact) mass is 382 g/mol. The Bertz CT molecular complexity index is 390. The van der Waals surface area contributed by atoms with Gasteiger partial charge in [-0.1, -0.05) is 77.4 Å². The molecule has 0 heterocycles. The van der Waals surface area contributed by atoms with Crippen molar-refractivity contribution in [2.24, 2.45) is 0 Å². The van der Waals surface area contributed by atoms with Gasteiger partial charge < -0.3 is 9.84 Å². The Morgan fingerprint density at radius 2 is 1.33 bits per heavy atom. The van der Waals surface area contributed by atoms with E-state index in [1.54, 1.807) is 0 Å². The van der Waals surface area contributed by atoms with Crippen molar-refractivity contribution in [3.63, 3.8) is 0 Å². The van der Waals surface area contributed by atoms with Crippen LogP contribution in [0.15, 0.2) is 12.2 Å². The van der Waals surface area contributed by atoms with Crippen LogP contribution in [-0.4, -0.2) is 23.1 Å². The number of carboxylic acid groups (broad SMARTS) is 1. The SMILES string of the molecule is CCCCCCCC/C=C\CCCCCCCC(=O)OC(CC)CC(=O)O. The van der Waals surface area contributed by atoms with E-state index in [9.17, 15) is 9.59 Å². The van der Waals surface area contributed by atoms with E-state index in [1.807, 2.05) is 6.92 Å². The first-order chi connectivity index (χ1) is 13.1. The van der Waals surface area contributed by atoms with Crippen LogP contribution in [0.5, 0.6) is 0 Å². The van der Waals surface area contributed by atoms with Crippen LogP contribution >= 0.6 is 0 Å². The summed E-state index contributed by atoms with van der Waals surface area (Å²) in [5.41, 5.74) is 0. The molecule has 4 heteroatoms. The van der Waals surface area contributed by atoms with Gasteiger partial charge in [-0.15, -0.1) is 0 Å². The van der Waals surface area contributed by atoms with E-state index < -0.39 is 12.1 Å².